The molecule has 18 heavy (non-hydrogen) atoms. The molecule has 2 N–H and O–H groups in total. The normalized spacial score (nSPS) is 14.2. The molecule has 0 bridgehead atoms. The highest BCUT2D eigenvalue weighted by Gasteiger charge is 2.18. The van der Waals surface area contributed by atoms with Crippen LogP contribution >= 0.6 is 0 Å². The summed E-state index contributed by atoms with van der Waals surface area (Å²) >= 11 is 0. The van der Waals surface area contributed by atoms with Crippen molar-refractivity contribution in [3.63, 3.8) is 0 Å². The van der Waals surface area contributed by atoms with E-state index in [9.17, 15) is 21.9 Å². The van der Waals surface area contributed by atoms with E-state index in [0.717, 1.165) is 6.26 Å². The van der Waals surface area contributed by atoms with Gasteiger partial charge in [0.2, 0.25) is 10.0 Å². The van der Waals surface area contributed by atoms with Crippen molar-refractivity contribution in [2.45, 2.75) is 13.0 Å². The lowest BCUT2D eigenvalue weighted by Gasteiger charge is -2.09. The molecule has 0 saturated heterocycles. The van der Waals surface area contributed by atoms with Crippen molar-refractivity contribution in [3.8, 4) is 0 Å². The van der Waals surface area contributed by atoms with Crippen molar-refractivity contribution in [1.29, 1.82) is 0 Å². The van der Waals surface area contributed by atoms with E-state index in [4.69, 9.17) is 0 Å². The number of aliphatic hydroxyl groups is 1. The molecule has 6 nitrogen and oxygen atoms in total. The van der Waals surface area contributed by atoms with Crippen LogP contribution in [0.2, 0.25) is 0 Å². The fourth-order valence-electron chi connectivity index (χ4n) is 1.32. The molecule has 102 valence electrons. The van der Waals surface area contributed by atoms with E-state index in [0.29, 0.717) is 5.56 Å². The third-order valence-electron chi connectivity index (χ3n) is 2.04. The van der Waals surface area contributed by atoms with Crippen LogP contribution in [-0.4, -0.2) is 33.3 Å². The van der Waals surface area contributed by atoms with Crippen molar-refractivity contribution < 1.29 is 21.9 Å². The van der Waals surface area contributed by atoms with Crippen LogP contribution in [0.5, 0.6) is 0 Å². The van der Waals surface area contributed by atoms with Gasteiger partial charge >= 0.3 is 0 Å². The zero-order valence-electron chi connectivity index (χ0n) is 9.99. The predicted molar refractivity (Wildman–Crippen MR) is 69.3 cm³/mol. The van der Waals surface area contributed by atoms with Crippen LogP contribution in [0.15, 0.2) is 24.3 Å². The Balaban J connectivity index is 2.85. The smallest absolute Gasteiger partial charge is 0.247 e. The van der Waals surface area contributed by atoms with Gasteiger partial charge in [-0.3, -0.25) is 4.72 Å². The summed E-state index contributed by atoms with van der Waals surface area (Å²) in [5.41, 5.74) is 0.893. The molecule has 0 aliphatic heterocycles. The minimum absolute atomic E-state index is 0.253. The maximum atomic E-state index is 11.5. The Morgan fingerprint density at radius 1 is 1.17 bits per heavy atom. The Hall–Kier alpha value is -1.12. The molecule has 0 aliphatic rings. The lowest BCUT2D eigenvalue weighted by molar-refractivity contribution is 0.199. The van der Waals surface area contributed by atoms with Gasteiger partial charge in [-0.1, -0.05) is 12.1 Å². The van der Waals surface area contributed by atoms with Crippen molar-refractivity contribution in [2.75, 3.05) is 16.1 Å². The van der Waals surface area contributed by atoms with E-state index in [1.54, 1.807) is 19.1 Å². The first kappa shape index (κ1) is 14.9. The minimum atomic E-state index is -3.93. The summed E-state index contributed by atoms with van der Waals surface area (Å²) in [4.78, 5) is 0. The summed E-state index contributed by atoms with van der Waals surface area (Å²) in [6.07, 6.45) is 0.203. The van der Waals surface area contributed by atoms with E-state index >= 15 is 0 Å². The summed E-state index contributed by atoms with van der Waals surface area (Å²) in [6, 6.07) is 6.04. The average molecular weight is 293 g/mol. The van der Waals surface area contributed by atoms with Gasteiger partial charge in [-0.05, 0) is 24.6 Å². The third-order valence-corrected chi connectivity index (χ3v) is 5.54. The monoisotopic (exact) mass is 293 g/mol. The summed E-state index contributed by atoms with van der Waals surface area (Å²) in [5.74, 6) is 0. The SMILES string of the molecule is CC(O)c1ccc(NS(=O)(=O)CS(C)(=O)=O)cc1. The second-order valence-electron chi connectivity index (χ2n) is 4.06. The number of hydrogen-bond donors (Lipinski definition) is 2. The van der Waals surface area contributed by atoms with E-state index < -0.39 is 31.0 Å². The standard InChI is InChI=1S/C10H15NO5S2/c1-8(12)9-3-5-10(6-4-9)11-18(15,16)7-17(2,13)14/h3-6,8,11-12H,7H2,1-2H3. The van der Waals surface area contributed by atoms with Gasteiger partial charge in [0.05, 0.1) is 6.10 Å². The van der Waals surface area contributed by atoms with Crippen molar-refractivity contribution in [1.82, 2.24) is 0 Å². The number of sulfone groups is 1. The number of rotatable bonds is 5. The van der Waals surface area contributed by atoms with Gasteiger partial charge < -0.3 is 5.11 Å². The van der Waals surface area contributed by atoms with Gasteiger partial charge in [0.1, 0.15) is 0 Å². The van der Waals surface area contributed by atoms with Gasteiger partial charge in [-0.2, -0.15) is 0 Å². The molecule has 1 rings (SSSR count). The summed E-state index contributed by atoms with van der Waals surface area (Å²) in [7, 11) is -7.54. The van der Waals surface area contributed by atoms with E-state index in [1.165, 1.54) is 12.1 Å². The van der Waals surface area contributed by atoms with Crippen LogP contribution in [0.1, 0.15) is 18.6 Å². The first-order valence-electron chi connectivity index (χ1n) is 5.05. The Kier molecular flexibility index (Phi) is 4.36. The van der Waals surface area contributed by atoms with Gasteiger partial charge in [0, 0.05) is 11.9 Å². The second kappa shape index (κ2) is 5.25. The average Bonchev–Trinajstić information content (AvgIpc) is 2.13. The van der Waals surface area contributed by atoms with E-state index in [2.05, 4.69) is 4.72 Å². The zero-order chi connectivity index (χ0) is 14.0. The summed E-state index contributed by atoms with van der Waals surface area (Å²) in [6.45, 7) is 1.59. The molecule has 0 amide bonds. The van der Waals surface area contributed by atoms with Crippen molar-refractivity contribution in [2.24, 2.45) is 0 Å². The van der Waals surface area contributed by atoms with E-state index in [-0.39, 0.29) is 5.69 Å². The van der Waals surface area contributed by atoms with E-state index in [1.807, 2.05) is 0 Å². The van der Waals surface area contributed by atoms with Crippen LogP contribution in [0.3, 0.4) is 0 Å². The Bertz CT molecular complexity index is 602. The molecule has 0 spiro atoms. The van der Waals surface area contributed by atoms with Crippen molar-refractivity contribution >= 4 is 25.5 Å². The Labute approximate surface area is 107 Å². The molecule has 1 aromatic carbocycles. The molecule has 0 fully saturated rings. The molecular formula is C10H15NO5S2. The second-order valence-corrected chi connectivity index (χ2v) is 8.29. The van der Waals surface area contributed by atoms with Gasteiger partial charge in [0.15, 0.2) is 14.9 Å². The highest BCUT2D eigenvalue weighted by Crippen LogP contribution is 2.16. The number of sulfonamides is 1. The number of anilines is 1. The summed E-state index contributed by atoms with van der Waals surface area (Å²) in [5, 5.41) is 8.32. The van der Waals surface area contributed by atoms with Crippen LogP contribution in [0.4, 0.5) is 5.69 Å². The fourth-order valence-corrected chi connectivity index (χ4v) is 4.31. The van der Waals surface area contributed by atoms with Crippen molar-refractivity contribution in [3.05, 3.63) is 29.8 Å². The molecule has 0 saturated carbocycles. The predicted octanol–water partition coefficient (Wildman–Crippen LogP) is 0.484. The van der Waals surface area contributed by atoms with Gasteiger partial charge in [-0.25, -0.2) is 16.8 Å². The van der Waals surface area contributed by atoms with Gasteiger partial charge in [0.25, 0.3) is 0 Å². The molecule has 0 aliphatic carbocycles. The zero-order valence-corrected chi connectivity index (χ0v) is 11.6. The fraction of sp³-hybridized carbons (Fsp3) is 0.400. The molecule has 1 atom stereocenters. The molecule has 1 aromatic rings. The molecular weight excluding hydrogens is 278 g/mol. The third kappa shape index (κ3) is 5.03. The summed E-state index contributed by atoms with van der Waals surface area (Å²) < 4.78 is 47.0. The minimum Gasteiger partial charge on any atom is -0.389 e. The first-order valence-corrected chi connectivity index (χ1v) is 8.76. The molecule has 0 heterocycles. The highest BCUT2D eigenvalue weighted by molar-refractivity contribution is 8.08. The number of hydrogen-bond acceptors (Lipinski definition) is 5. The molecule has 8 heteroatoms. The number of benzene rings is 1. The van der Waals surface area contributed by atoms with Crippen LogP contribution in [0.25, 0.3) is 0 Å². The molecule has 0 aromatic heterocycles. The number of nitrogens with one attached hydrogen (secondary N) is 1. The highest BCUT2D eigenvalue weighted by atomic mass is 32.3. The molecule has 1 unspecified atom stereocenters. The first-order chi connectivity index (χ1) is 8.09. The topological polar surface area (TPSA) is 101 Å². The van der Waals surface area contributed by atoms with Gasteiger partial charge in [-0.15, -0.1) is 0 Å². The Morgan fingerprint density at radius 2 is 1.67 bits per heavy atom. The lowest BCUT2D eigenvalue weighted by Crippen LogP contribution is -2.22. The van der Waals surface area contributed by atoms with Crippen LogP contribution in [-0.2, 0) is 19.9 Å². The number of aliphatic hydroxyl groups excluding tert-OH is 1. The quantitative estimate of drug-likeness (QED) is 0.822. The van der Waals surface area contributed by atoms with Crippen LogP contribution < -0.4 is 4.72 Å². The largest absolute Gasteiger partial charge is 0.389 e. The van der Waals surface area contributed by atoms with Crippen LogP contribution in [0, 0.1) is 0 Å². The maximum Gasteiger partial charge on any atom is 0.247 e. The maximum absolute atomic E-state index is 11.5. The Morgan fingerprint density at radius 3 is 2.06 bits per heavy atom. The lowest BCUT2D eigenvalue weighted by atomic mass is 10.1. The molecule has 0 radical (unpaired) electrons.